The first-order valence-corrected chi connectivity index (χ1v) is 9.57. The fourth-order valence-corrected chi connectivity index (χ4v) is 2.85. The molecule has 1 fully saturated rings. The fraction of sp³-hybridized carbons (Fsp3) is 1.00. The maximum absolute atomic E-state index is 13.7. The van der Waals surface area contributed by atoms with Crippen molar-refractivity contribution in [3.63, 3.8) is 0 Å². The number of hydrogen-bond donors (Lipinski definition) is 1. The van der Waals surface area contributed by atoms with Gasteiger partial charge in [-0.1, -0.05) is 0 Å². The molecule has 0 bridgehead atoms. The van der Waals surface area contributed by atoms with Crippen LogP contribution in [0, 0.1) is 0 Å². The molecule has 1 aliphatic heterocycles. The molecule has 25 heavy (non-hydrogen) atoms. The van der Waals surface area contributed by atoms with Crippen LogP contribution in [0.2, 0.25) is 0 Å². The predicted molar refractivity (Wildman–Crippen MR) is 101 cm³/mol. The molecular weight excluding hydrogens is 324 g/mol. The zero-order valence-electron chi connectivity index (χ0n) is 17.1. The molecule has 4 nitrogen and oxygen atoms in total. The van der Waals surface area contributed by atoms with E-state index in [1.54, 1.807) is 0 Å². The van der Waals surface area contributed by atoms with Crippen LogP contribution in [-0.4, -0.2) is 79.3 Å². The van der Waals surface area contributed by atoms with Gasteiger partial charge in [-0.3, -0.25) is 4.90 Å². The lowest BCUT2D eigenvalue weighted by Crippen LogP contribution is -2.53. The lowest BCUT2D eigenvalue weighted by Gasteiger charge is -2.42. The van der Waals surface area contributed by atoms with Crippen molar-refractivity contribution in [2.24, 2.45) is 0 Å². The average molecular weight is 364 g/mol. The molecule has 0 aromatic carbocycles. The minimum Gasteiger partial charge on any atom is -0.375 e. The van der Waals surface area contributed by atoms with E-state index in [4.69, 9.17) is 4.74 Å². The lowest BCUT2D eigenvalue weighted by atomic mass is 10.0. The largest absolute Gasteiger partial charge is 0.375 e. The van der Waals surface area contributed by atoms with E-state index in [0.29, 0.717) is 6.61 Å². The highest BCUT2D eigenvalue weighted by Gasteiger charge is 2.30. The molecule has 0 saturated carbocycles. The van der Waals surface area contributed by atoms with Crippen molar-refractivity contribution < 1.29 is 13.5 Å². The van der Waals surface area contributed by atoms with Crippen molar-refractivity contribution in [1.82, 2.24) is 15.1 Å². The number of unbranched alkanes of at least 4 members (excludes halogenated alkanes) is 1. The Morgan fingerprint density at radius 3 is 2.04 bits per heavy atom. The first kappa shape index (κ1) is 22.7. The first-order valence-electron chi connectivity index (χ1n) is 9.57. The number of rotatable bonds is 9. The highest BCUT2D eigenvalue weighted by Crippen LogP contribution is 2.16. The van der Waals surface area contributed by atoms with Crippen molar-refractivity contribution in [3.05, 3.63) is 0 Å². The number of nitrogens with zero attached hydrogens (tertiary/aromatic N) is 2. The summed E-state index contributed by atoms with van der Waals surface area (Å²) < 4.78 is 32.6. The molecule has 1 rings (SSSR count). The van der Waals surface area contributed by atoms with Crippen molar-refractivity contribution >= 4 is 0 Å². The van der Waals surface area contributed by atoms with Gasteiger partial charge in [-0.25, -0.2) is 8.78 Å². The van der Waals surface area contributed by atoms with Crippen LogP contribution in [0.5, 0.6) is 0 Å². The van der Waals surface area contributed by atoms with Crippen LogP contribution in [0.4, 0.5) is 8.78 Å². The van der Waals surface area contributed by atoms with Gasteiger partial charge in [-0.05, 0) is 60.9 Å². The van der Waals surface area contributed by atoms with Gasteiger partial charge in [0.2, 0.25) is 0 Å². The summed E-state index contributed by atoms with van der Waals surface area (Å²) in [7, 11) is 0. The predicted octanol–water partition coefficient (Wildman–Crippen LogP) is 3.22. The van der Waals surface area contributed by atoms with Crippen molar-refractivity contribution in [2.75, 3.05) is 52.5 Å². The average Bonchev–Trinajstić information content (AvgIpc) is 2.48. The molecule has 0 amide bonds. The van der Waals surface area contributed by atoms with Crippen molar-refractivity contribution in [1.29, 1.82) is 0 Å². The van der Waals surface area contributed by atoms with Crippen LogP contribution >= 0.6 is 0 Å². The van der Waals surface area contributed by atoms with Gasteiger partial charge in [0.25, 0.3) is 5.92 Å². The summed E-state index contributed by atoms with van der Waals surface area (Å²) in [6.07, 6.45) is 1.84. The van der Waals surface area contributed by atoms with Gasteiger partial charge in [0.15, 0.2) is 0 Å². The van der Waals surface area contributed by atoms with Gasteiger partial charge in [0.05, 0.1) is 6.54 Å². The summed E-state index contributed by atoms with van der Waals surface area (Å²) in [4.78, 5) is 4.98. The van der Waals surface area contributed by atoms with Crippen LogP contribution in [-0.2, 0) is 4.74 Å². The summed E-state index contributed by atoms with van der Waals surface area (Å²) >= 11 is 0. The van der Waals surface area contributed by atoms with Crippen LogP contribution in [0.3, 0.4) is 0 Å². The van der Waals surface area contributed by atoms with Gasteiger partial charge in [0.1, 0.15) is 6.61 Å². The highest BCUT2D eigenvalue weighted by molar-refractivity contribution is 4.82. The van der Waals surface area contributed by atoms with Crippen LogP contribution in [0.15, 0.2) is 0 Å². The Kier molecular flexibility index (Phi) is 8.72. The maximum atomic E-state index is 13.7. The Balaban J connectivity index is 2.06. The van der Waals surface area contributed by atoms with Crippen LogP contribution in [0.25, 0.3) is 0 Å². The smallest absolute Gasteiger partial charge is 0.283 e. The second-order valence-corrected chi connectivity index (χ2v) is 9.22. The van der Waals surface area contributed by atoms with Gasteiger partial charge < -0.3 is 15.0 Å². The summed E-state index contributed by atoms with van der Waals surface area (Å²) in [5, 5.41) is 2.83. The molecule has 0 atom stereocenters. The van der Waals surface area contributed by atoms with Gasteiger partial charge >= 0.3 is 0 Å². The number of nitrogens with one attached hydrogen (secondary N) is 1. The number of hydrogen-bond acceptors (Lipinski definition) is 4. The molecule has 0 spiro atoms. The van der Waals surface area contributed by atoms with Gasteiger partial charge in [-0.15, -0.1) is 0 Å². The molecule has 0 aliphatic carbocycles. The summed E-state index contributed by atoms with van der Waals surface area (Å²) in [6.45, 7) is 17.4. The molecule has 1 saturated heterocycles. The van der Waals surface area contributed by atoms with Gasteiger partial charge in [0, 0.05) is 43.9 Å². The summed E-state index contributed by atoms with van der Waals surface area (Å²) in [5.41, 5.74) is -0.0621. The van der Waals surface area contributed by atoms with E-state index in [1.807, 2.05) is 20.8 Å². The van der Waals surface area contributed by atoms with E-state index in [9.17, 15) is 8.78 Å². The molecule has 0 unspecified atom stereocenters. The molecule has 150 valence electrons. The normalized spacial score (nSPS) is 18.7. The van der Waals surface area contributed by atoms with Crippen molar-refractivity contribution in [3.8, 4) is 0 Å². The summed E-state index contributed by atoms with van der Waals surface area (Å²) in [6, 6.07) is 0. The maximum Gasteiger partial charge on any atom is 0.283 e. The number of piperazine rings is 1. The van der Waals surface area contributed by atoms with Crippen LogP contribution < -0.4 is 5.32 Å². The Bertz CT molecular complexity index is 370. The number of halogens is 2. The third-order valence-electron chi connectivity index (χ3n) is 4.52. The van der Waals surface area contributed by atoms with E-state index >= 15 is 0 Å². The first-order chi connectivity index (χ1) is 11.4. The molecule has 0 aromatic rings. The third kappa shape index (κ3) is 10.4. The molecule has 1 N–H and O–H groups in total. The van der Waals surface area contributed by atoms with E-state index in [1.165, 1.54) is 0 Å². The molecule has 0 radical (unpaired) electrons. The highest BCUT2D eigenvalue weighted by atomic mass is 19.3. The molecular formula is C19H39F2N3O. The topological polar surface area (TPSA) is 27.7 Å². The molecule has 1 aliphatic rings. The Morgan fingerprint density at radius 1 is 0.920 bits per heavy atom. The van der Waals surface area contributed by atoms with E-state index in [0.717, 1.165) is 45.6 Å². The van der Waals surface area contributed by atoms with E-state index in [-0.39, 0.29) is 17.6 Å². The zero-order chi connectivity index (χ0) is 19.1. The monoisotopic (exact) mass is 363 g/mol. The van der Waals surface area contributed by atoms with Crippen LogP contribution in [0.1, 0.15) is 54.4 Å². The van der Waals surface area contributed by atoms with Crippen molar-refractivity contribution in [2.45, 2.75) is 71.4 Å². The second kappa shape index (κ2) is 9.58. The third-order valence-corrected chi connectivity index (χ3v) is 4.52. The number of ether oxygens (including phenoxy) is 1. The fourth-order valence-electron chi connectivity index (χ4n) is 2.85. The second-order valence-electron chi connectivity index (χ2n) is 9.22. The Labute approximate surface area is 153 Å². The standard InChI is InChI=1S/C19H39F2N3O/c1-17(2,3)22-15-19(20,21)16-25-14-8-7-9-23-10-12-24(13-11-23)18(4,5)6/h22H,7-16H2,1-6H3. The number of alkyl halides is 2. The van der Waals surface area contributed by atoms with E-state index in [2.05, 4.69) is 35.9 Å². The Hall–Kier alpha value is -0.300. The molecule has 1 heterocycles. The molecule has 6 heteroatoms. The molecule has 0 aromatic heterocycles. The summed E-state index contributed by atoms with van der Waals surface area (Å²) in [5.74, 6) is -2.81. The quantitative estimate of drug-likeness (QED) is 0.637. The Morgan fingerprint density at radius 2 is 1.52 bits per heavy atom. The van der Waals surface area contributed by atoms with E-state index < -0.39 is 12.5 Å². The SMILES string of the molecule is CC(C)(C)NCC(F)(F)COCCCCN1CCN(C(C)(C)C)CC1. The lowest BCUT2D eigenvalue weighted by molar-refractivity contribution is -0.0781. The minimum absolute atomic E-state index is 0.243. The minimum atomic E-state index is -2.81. The zero-order valence-corrected chi connectivity index (χ0v) is 17.1. The van der Waals surface area contributed by atoms with Gasteiger partial charge in [-0.2, -0.15) is 0 Å².